The van der Waals surface area contributed by atoms with E-state index in [-0.39, 0.29) is 5.91 Å². The lowest BCUT2D eigenvalue weighted by Crippen LogP contribution is -2.19. The van der Waals surface area contributed by atoms with E-state index in [0.29, 0.717) is 27.1 Å². The van der Waals surface area contributed by atoms with Gasteiger partial charge < -0.3 is 4.42 Å². The first-order valence-electron chi connectivity index (χ1n) is 5.84. The normalized spacial score (nSPS) is 11.5. The lowest BCUT2D eigenvalue weighted by atomic mass is 10.2. The minimum atomic E-state index is -0.369. The van der Waals surface area contributed by atoms with E-state index in [1.807, 2.05) is 13.0 Å². The fourth-order valence-corrected chi connectivity index (χ4v) is 1.82. The fourth-order valence-electron chi connectivity index (χ4n) is 1.52. The number of nitrogens with zero attached hydrogens (tertiary/aromatic N) is 1. The predicted octanol–water partition coefficient (Wildman–Crippen LogP) is 4.05. The molecule has 0 unspecified atom stereocenters. The van der Waals surface area contributed by atoms with Crippen LogP contribution in [0.2, 0.25) is 10.0 Å². The summed E-state index contributed by atoms with van der Waals surface area (Å²) in [5.74, 6) is 1.02. The quantitative estimate of drug-likeness (QED) is 0.687. The van der Waals surface area contributed by atoms with Crippen molar-refractivity contribution in [3.8, 4) is 0 Å². The Balaban J connectivity index is 2.09. The predicted molar refractivity (Wildman–Crippen MR) is 79.6 cm³/mol. The number of nitrogens with one attached hydrogen (secondary N) is 1. The van der Waals surface area contributed by atoms with E-state index < -0.39 is 0 Å². The standard InChI is InChI=1S/C14H12Cl2N2O2/c1-8-3-6-13(20-8)9(2)17-18-14(19)10-4-5-11(15)12(16)7-10/h3-7H,1-2H3,(H,18,19). The number of hydrogen-bond donors (Lipinski definition) is 1. The first-order chi connectivity index (χ1) is 9.47. The minimum Gasteiger partial charge on any atom is -0.460 e. The number of furan rings is 1. The van der Waals surface area contributed by atoms with Crippen molar-refractivity contribution in [2.45, 2.75) is 13.8 Å². The number of benzene rings is 1. The number of amides is 1. The van der Waals surface area contributed by atoms with Gasteiger partial charge in [0.05, 0.1) is 10.0 Å². The van der Waals surface area contributed by atoms with Crippen LogP contribution in [-0.4, -0.2) is 11.6 Å². The third-order valence-corrected chi connectivity index (χ3v) is 3.34. The molecule has 0 aliphatic carbocycles. The number of carbonyl (C=O) groups excluding carboxylic acids is 1. The molecular weight excluding hydrogens is 299 g/mol. The second kappa shape index (κ2) is 6.11. The molecule has 0 bridgehead atoms. The van der Waals surface area contributed by atoms with Crippen LogP contribution < -0.4 is 5.43 Å². The summed E-state index contributed by atoms with van der Waals surface area (Å²) in [5.41, 5.74) is 3.40. The Morgan fingerprint density at radius 1 is 1.20 bits per heavy atom. The van der Waals surface area contributed by atoms with Gasteiger partial charge in [-0.1, -0.05) is 23.2 Å². The molecule has 0 aliphatic heterocycles. The number of aryl methyl sites for hydroxylation is 1. The van der Waals surface area contributed by atoms with Crippen molar-refractivity contribution in [1.29, 1.82) is 0 Å². The molecule has 4 nitrogen and oxygen atoms in total. The molecular formula is C14H12Cl2N2O2. The maximum atomic E-state index is 11.9. The Kier molecular flexibility index (Phi) is 4.47. The van der Waals surface area contributed by atoms with Gasteiger partial charge in [0, 0.05) is 5.56 Å². The summed E-state index contributed by atoms with van der Waals surface area (Å²) in [6.45, 7) is 3.58. The lowest BCUT2D eigenvalue weighted by Gasteiger charge is -2.02. The summed E-state index contributed by atoms with van der Waals surface area (Å²) in [6, 6.07) is 8.24. The van der Waals surface area contributed by atoms with Crippen molar-refractivity contribution in [3.05, 3.63) is 57.5 Å². The first-order valence-corrected chi connectivity index (χ1v) is 6.59. The van der Waals surface area contributed by atoms with Crippen LogP contribution in [0, 0.1) is 6.92 Å². The Morgan fingerprint density at radius 2 is 1.95 bits per heavy atom. The van der Waals surface area contributed by atoms with Crippen LogP contribution in [0.5, 0.6) is 0 Å². The highest BCUT2D eigenvalue weighted by molar-refractivity contribution is 6.42. The Labute approximate surface area is 126 Å². The molecule has 0 fully saturated rings. The lowest BCUT2D eigenvalue weighted by molar-refractivity contribution is 0.0955. The topological polar surface area (TPSA) is 54.6 Å². The van der Waals surface area contributed by atoms with Gasteiger partial charge in [-0.25, -0.2) is 5.43 Å². The molecule has 1 aromatic carbocycles. The average molecular weight is 311 g/mol. The summed E-state index contributed by atoms with van der Waals surface area (Å²) in [5, 5.41) is 4.70. The van der Waals surface area contributed by atoms with Crippen molar-refractivity contribution in [3.63, 3.8) is 0 Å². The van der Waals surface area contributed by atoms with E-state index in [0.717, 1.165) is 5.76 Å². The van der Waals surface area contributed by atoms with Crippen LogP contribution in [0.15, 0.2) is 39.9 Å². The van der Waals surface area contributed by atoms with E-state index in [4.69, 9.17) is 27.6 Å². The molecule has 1 aromatic heterocycles. The van der Waals surface area contributed by atoms with Crippen LogP contribution in [-0.2, 0) is 0 Å². The van der Waals surface area contributed by atoms with Crippen LogP contribution in [0.3, 0.4) is 0 Å². The van der Waals surface area contributed by atoms with Gasteiger partial charge in [-0.3, -0.25) is 4.79 Å². The highest BCUT2D eigenvalue weighted by Crippen LogP contribution is 2.22. The second-order valence-electron chi connectivity index (χ2n) is 4.18. The van der Waals surface area contributed by atoms with E-state index >= 15 is 0 Å². The van der Waals surface area contributed by atoms with Crippen molar-refractivity contribution >= 4 is 34.8 Å². The Hall–Kier alpha value is -1.78. The largest absolute Gasteiger partial charge is 0.460 e. The summed E-state index contributed by atoms with van der Waals surface area (Å²) in [4.78, 5) is 11.9. The van der Waals surface area contributed by atoms with E-state index in [1.165, 1.54) is 6.07 Å². The second-order valence-corrected chi connectivity index (χ2v) is 4.99. The Bertz CT molecular complexity index is 678. The van der Waals surface area contributed by atoms with Crippen LogP contribution >= 0.6 is 23.2 Å². The van der Waals surface area contributed by atoms with Crippen LogP contribution in [0.25, 0.3) is 0 Å². The molecule has 1 heterocycles. The van der Waals surface area contributed by atoms with Gasteiger partial charge in [-0.15, -0.1) is 0 Å². The molecule has 0 saturated carbocycles. The molecule has 6 heteroatoms. The SMILES string of the molecule is CC(=NNC(=O)c1ccc(Cl)c(Cl)c1)c1ccc(C)o1. The van der Waals surface area contributed by atoms with Crippen LogP contribution in [0.1, 0.15) is 28.8 Å². The minimum absolute atomic E-state index is 0.321. The van der Waals surface area contributed by atoms with Gasteiger partial charge >= 0.3 is 0 Å². The smallest absolute Gasteiger partial charge is 0.271 e. The number of rotatable bonds is 3. The van der Waals surface area contributed by atoms with Gasteiger partial charge in [0.1, 0.15) is 17.2 Å². The van der Waals surface area contributed by atoms with Gasteiger partial charge in [0.25, 0.3) is 5.91 Å². The highest BCUT2D eigenvalue weighted by Gasteiger charge is 2.08. The van der Waals surface area contributed by atoms with Crippen molar-refractivity contribution in [1.82, 2.24) is 5.43 Å². The number of hydrogen-bond acceptors (Lipinski definition) is 3. The number of halogens is 2. The zero-order valence-electron chi connectivity index (χ0n) is 10.9. The molecule has 0 atom stereocenters. The van der Waals surface area contributed by atoms with Crippen LogP contribution in [0.4, 0.5) is 0 Å². The zero-order valence-corrected chi connectivity index (χ0v) is 12.4. The maximum Gasteiger partial charge on any atom is 0.271 e. The van der Waals surface area contributed by atoms with Crippen molar-refractivity contribution in [2.75, 3.05) is 0 Å². The molecule has 0 aliphatic rings. The molecule has 0 saturated heterocycles. The summed E-state index contributed by atoms with van der Waals surface area (Å²) in [6.07, 6.45) is 0. The molecule has 1 N–H and O–H groups in total. The molecule has 2 rings (SSSR count). The molecule has 0 radical (unpaired) electrons. The maximum absolute atomic E-state index is 11.9. The zero-order chi connectivity index (χ0) is 14.7. The van der Waals surface area contributed by atoms with Gasteiger partial charge in [-0.05, 0) is 44.2 Å². The molecule has 1 amide bonds. The third-order valence-electron chi connectivity index (χ3n) is 2.60. The van der Waals surface area contributed by atoms with Gasteiger partial charge in [-0.2, -0.15) is 5.10 Å². The molecule has 20 heavy (non-hydrogen) atoms. The number of hydrazone groups is 1. The number of carbonyl (C=O) groups is 1. The van der Waals surface area contributed by atoms with Crippen molar-refractivity contribution < 1.29 is 9.21 Å². The van der Waals surface area contributed by atoms with E-state index in [9.17, 15) is 4.79 Å². The molecule has 104 valence electrons. The van der Waals surface area contributed by atoms with E-state index in [1.54, 1.807) is 25.1 Å². The average Bonchev–Trinajstić information content (AvgIpc) is 2.85. The monoisotopic (exact) mass is 310 g/mol. The third kappa shape index (κ3) is 3.40. The van der Waals surface area contributed by atoms with E-state index in [2.05, 4.69) is 10.5 Å². The Morgan fingerprint density at radius 3 is 2.55 bits per heavy atom. The fraction of sp³-hybridized carbons (Fsp3) is 0.143. The summed E-state index contributed by atoms with van der Waals surface area (Å²) in [7, 11) is 0. The summed E-state index contributed by atoms with van der Waals surface area (Å²) < 4.78 is 5.40. The van der Waals surface area contributed by atoms with Gasteiger partial charge in [0.15, 0.2) is 0 Å². The molecule has 2 aromatic rings. The summed E-state index contributed by atoms with van der Waals surface area (Å²) >= 11 is 11.6. The molecule has 0 spiro atoms. The highest BCUT2D eigenvalue weighted by atomic mass is 35.5. The first kappa shape index (κ1) is 14.6. The van der Waals surface area contributed by atoms with Gasteiger partial charge in [0.2, 0.25) is 0 Å². The van der Waals surface area contributed by atoms with Crippen molar-refractivity contribution in [2.24, 2.45) is 5.10 Å².